The van der Waals surface area contributed by atoms with E-state index in [1.807, 2.05) is 37.7 Å². The molecule has 0 spiro atoms. The normalized spacial score (nSPS) is 17.9. The van der Waals surface area contributed by atoms with Crippen molar-refractivity contribution in [1.82, 2.24) is 19.7 Å². The molecule has 8 nitrogen and oxygen atoms in total. The molecule has 4 aromatic rings. The van der Waals surface area contributed by atoms with Gasteiger partial charge in [0.1, 0.15) is 11.4 Å². The Hall–Kier alpha value is -3.79. The summed E-state index contributed by atoms with van der Waals surface area (Å²) in [5.74, 6) is -1.56. The predicted molar refractivity (Wildman–Crippen MR) is 131 cm³/mol. The number of nitrogens with one attached hydrogen (secondary N) is 1. The summed E-state index contributed by atoms with van der Waals surface area (Å²) in [6.07, 6.45) is 5.27. The molecule has 188 valence electrons. The van der Waals surface area contributed by atoms with E-state index in [1.54, 1.807) is 12.3 Å². The number of ether oxygens (including phenoxy) is 2. The molecule has 0 radical (unpaired) electrons. The Morgan fingerprint density at radius 1 is 1.25 bits per heavy atom. The van der Waals surface area contributed by atoms with Crippen molar-refractivity contribution >= 4 is 16.9 Å². The maximum atomic E-state index is 15.1. The summed E-state index contributed by atoms with van der Waals surface area (Å²) in [5, 5.41) is 14.6. The smallest absolute Gasteiger partial charge is 0.198 e. The Morgan fingerprint density at radius 2 is 2.03 bits per heavy atom. The van der Waals surface area contributed by atoms with E-state index in [1.165, 1.54) is 18.3 Å². The number of benzene rings is 1. The number of hydrogen-bond donors (Lipinski definition) is 2. The van der Waals surface area contributed by atoms with Crippen molar-refractivity contribution in [2.24, 2.45) is 10.4 Å². The summed E-state index contributed by atoms with van der Waals surface area (Å²) < 4.78 is 43.3. The highest BCUT2D eigenvalue weighted by Gasteiger charge is 2.29. The van der Waals surface area contributed by atoms with Gasteiger partial charge in [0.15, 0.2) is 23.3 Å². The third kappa shape index (κ3) is 4.56. The van der Waals surface area contributed by atoms with Gasteiger partial charge >= 0.3 is 0 Å². The zero-order valence-corrected chi connectivity index (χ0v) is 20.3. The van der Waals surface area contributed by atoms with Crippen LogP contribution < -0.4 is 4.74 Å². The molecule has 1 aliphatic heterocycles. The van der Waals surface area contributed by atoms with Crippen molar-refractivity contribution in [3.63, 3.8) is 0 Å². The SMILES string of the molecule is CC(C)n1ccc(-c2c[nH]c3nccc(Oc4c(F)cc(CC5=NCC(C)(CO)CO5)cc4F)c23)n1. The molecule has 1 aliphatic rings. The summed E-state index contributed by atoms with van der Waals surface area (Å²) in [7, 11) is 0. The van der Waals surface area contributed by atoms with Crippen LogP contribution in [0.15, 0.2) is 47.8 Å². The van der Waals surface area contributed by atoms with Crippen LogP contribution in [0.25, 0.3) is 22.3 Å². The van der Waals surface area contributed by atoms with Gasteiger partial charge in [-0.3, -0.25) is 9.67 Å². The number of hydrogen-bond acceptors (Lipinski definition) is 6. The van der Waals surface area contributed by atoms with Crippen molar-refractivity contribution in [1.29, 1.82) is 0 Å². The van der Waals surface area contributed by atoms with E-state index in [9.17, 15) is 5.11 Å². The summed E-state index contributed by atoms with van der Waals surface area (Å²) in [5.41, 5.74) is 1.84. The number of fused-ring (bicyclic) bond motifs is 1. The standard InChI is InChI=1S/C26H27F2N5O3/c1-15(2)33-7-5-20(32-33)17-11-30-25-23(17)21(4-6-29-25)36-24-18(27)8-16(9-19(24)28)10-22-31-12-26(3,13-34)14-35-22/h4-9,11,15,34H,10,12-14H2,1-3H3,(H,29,30). The Labute approximate surface area is 206 Å². The molecule has 10 heteroatoms. The maximum absolute atomic E-state index is 15.1. The molecule has 0 aliphatic carbocycles. The predicted octanol–water partition coefficient (Wildman–Crippen LogP) is 5.05. The van der Waals surface area contributed by atoms with Crippen molar-refractivity contribution in [2.45, 2.75) is 33.2 Å². The molecule has 0 saturated heterocycles. The molecule has 1 aromatic carbocycles. The molecule has 5 rings (SSSR count). The second-order valence-electron chi connectivity index (χ2n) is 9.64. The topological polar surface area (TPSA) is 97.6 Å². The summed E-state index contributed by atoms with van der Waals surface area (Å²) in [6, 6.07) is 6.04. The van der Waals surface area contributed by atoms with E-state index < -0.39 is 22.8 Å². The molecule has 0 bridgehead atoms. The maximum Gasteiger partial charge on any atom is 0.198 e. The van der Waals surface area contributed by atoms with Gasteiger partial charge in [0, 0.05) is 42.0 Å². The number of nitrogens with zero attached hydrogens (tertiary/aromatic N) is 4. The minimum absolute atomic E-state index is 0.0518. The van der Waals surface area contributed by atoms with Gasteiger partial charge in [0.2, 0.25) is 0 Å². The van der Waals surface area contributed by atoms with Gasteiger partial charge in [-0.05, 0) is 43.7 Å². The van der Waals surface area contributed by atoms with Crippen LogP contribution in [0.3, 0.4) is 0 Å². The van der Waals surface area contributed by atoms with Gasteiger partial charge in [-0.25, -0.2) is 13.8 Å². The van der Waals surface area contributed by atoms with Gasteiger partial charge in [-0.2, -0.15) is 5.10 Å². The first-order valence-electron chi connectivity index (χ1n) is 11.7. The van der Waals surface area contributed by atoms with E-state index in [2.05, 4.69) is 20.1 Å². The molecule has 0 amide bonds. The minimum Gasteiger partial charge on any atom is -0.480 e. The molecule has 36 heavy (non-hydrogen) atoms. The van der Waals surface area contributed by atoms with Crippen LogP contribution in [-0.4, -0.2) is 50.5 Å². The first kappa shape index (κ1) is 23.9. The van der Waals surface area contributed by atoms with Crippen LogP contribution in [0.4, 0.5) is 8.78 Å². The fraction of sp³-hybridized carbons (Fsp3) is 0.346. The van der Waals surface area contributed by atoms with Gasteiger partial charge in [-0.15, -0.1) is 0 Å². The lowest BCUT2D eigenvalue weighted by atomic mass is 9.92. The van der Waals surface area contributed by atoms with Crippen LogP contribution in [0.1, 0.15) is 32.4 Å². The Morgan fingerprint density at radius 3 is 2.67 bits per heavy atom. The van der Waals surface area contributed by atoms with Crippen molar-refractivity contribution < 1.29 is 23.4 Å². The highest BCUT2D eigenvalue weighted by atomic mass is 19.1. The van der Waals surface area contributed by atoms with E-state index in [0.29, 0.717) is 46.9 Å². The third-order valence-corrected chi connectivity index (χ3v) is 6.18. The summed E-state index contributed by atoms with van der Waals surface area (Å²) >= 11 is 0. The van der Waals surface area contributed by atoms with Crippen LogP contribution >= 0.6 is 0 Å². The molecular weight excluding hydrogens is 468 g/mol. The van der Waals surface area contributed by atoms with Gasteiger partial charge in [0.25, 0.3) is 0 Å². The number of aromatic nitrogens is 4. The lowest BCUT2D eigenvalue weighted by Gasteiger charge is -2.30. The van der Waals surface area contributed by atoms with Crippen LogP contribution in [0, 0.1) is 17.0 Å². The van der Waals surface area contributed by atoms with E-state index in [4.69, 9.17) is 9.47 Å². The van der Waals surface area contributed by atoms with E-state index in [-0.39, 0.29) is 24.8 Å². The zero-order valence-electron chi connectivity index (χ0n) is 20.3. The van der Waals surface area contributed by atoms with Crippen LogP contribution in [-0.2, 0) is 11.2 Å². The van der Waals surface area contributed by atoms with Crippen LogP contribution in [0.5, 0.6) is 11.5 Å². The Bertz CT molecular complexity index is 1420. The molecule has 1 unspecified atom stereocenters. The monoisotopic (exact) mass is 495 g/mol. The number of H-pyrrole nitrogens is 1. The average molecular weight is 496 g/mol. The van der Waals surface area contributed by atoms with Gasteiger partial charge < -0.3 is 19.6 Å². The summed E-state index contributed by atoms with van der Waals surface area (Å²) in [6.45, 7) is 6.54. The fourth-order valence-electron chi connectivity index (χ4n) is 4.01. The van der Waals surface area contributed by atoms with Gasteiger partial charge in [0.05, 0.1) is 30.8 Å². The third-order valence-electron chi connectivity index (χ3n) is 6.18. The minimum atomic E-state index is -0.840. The number of rotatable bonds is 7. The molecule has 4 heterocycles. The van der Waals surface area contributed by atoms with Crippen LogP contribution in [0.2, 0.25) is 0 Å². The first-order chi connectivity index (χ1) is 17.3. The lowest BCUT2D eigenvalue weighted by molar-refractivity contribution is 0.0691. The average Bonchev–Trinajstić information content (AvgIpc) is 3.51. The second kappa shape index (κ2) is 9.34. The highest BCUT2D eigenvalue weighted by Crippen LogP contribution is 2.38. The molecule has 0 fully saturated rings. The first-order valence-corrected chi connectivity index (χ1v) is 11.7. The zero-order chi connectivity index (χ0) is 25.4. The molecule has 0 saturated carbocycles. The lowest BCUT2D eigenvalue weighted by Crippen LogP contribution is -2.36. The van der Waals surface area contributed by atoms with E-state index >= 15 is 8.78 Å². The van der Waals surface area contributed by atoms with E-state index in [0.717, 1.165) is 0 Å². The largest absolute Gasteiger partial charge is 0.480 e. The molecule has 1 atom stereocenters. The van der Waals surface area contributed by atoms with Crippen molar-refractivity contribution in [3.8, 4) is 22.8 Å². The Kier molecular flexibility index (Phi) is 6.21. The fourth-order valence-corrected chi connectivity index (χ4v) is 4.01. The van der Waals surface area contributed by atoms with Gasteiger partial charge in [-0.1, -0.05) is 6.92 Å². The number of aliphatic hydroxyl groups excluding tert-OH is 1. The van der Waals surface area contributed by atoms with Crippen molar-refractivity contribution in [2.75, 3.05) is 19.8 Å². The Balaban J connectivity index is 1.43. The van der Waals surface area contributed by atoms with Crippen molar-refractivity contribution in [3.05, 3.63) is 60.1 Å². The number of halogens is 2. The highest BCUT2D eigenvalue weighted by molar-refractivity contribution is 5.97. The number of aromatic amines is 1. The number of pyridine rings is 1. The number of aliphatic hydroxyl groups is 1. The number of aliphatic imine (C=N–C) groups is 1. The summed E-state index contributed by atoms with van der Waals surface area (Å²) in [4.78, 5) is 11.7. The molecule has 3 aromatic heterocycles. The second-order valence-corrected chi connectivity index (χ2v) is 9.64. The molecule has 2 N–H and O–H groups in total. The quantitative estimate of drug-likeness (QED) is 0.374. The molecular formula is C26H27F2N5O3.